The van der Waals surface area contributed by atoms with Crippen molar-refractivity contribution in [1.82, 2.24) is 0 Å². The Balaban J connectivity index is 1.74. The second-order valence-corrected chi connectivity index (χ2v) is 6.77. The van der Waals surface area contributed by atoms with Crippen molar-refractivity contribution in [2.24, 2.45) is 11.8 Å². The van der Waals surface area contributed by atoms with Gasteiger partial charge in [-0.2, -0.15) is 0 Å². The van der Waals surface area contributed by atoms with Crippen LogP contribution in [0.5, 0.6) is 0 Å². The maximum atomic E-state index is 13.8. The number of rotatable bonds is 3. The lowest BCUT2D eigenvalue weighted by Gasteiger charge is -2.37. The summed E-state index contributed by atoms with van der Waals surface area (Å²) in [7, 11) is 0. The van der Waals surface area contributed by atoms with Gasteiger partial charge in [-0.05, 0) is 67.7 Å². The molecular formula is C16H20ClFO. The normalized spacial score (nSPS) is 31.4. The van der Waals surface area contributed by atoms with Crippen LogP contribution in [0, 0.1) is 17.7 Å². The van der Waals surface area contributed by atoms with E-state index in [-0.39, 0.29) is 5.82 Å². The minimum Gasteiger partial charge on any atom is -0.390 e. The van der Waals surface area contributed by atoms with Gasteiger partial charge < -0.3 is 5.11 Å². The molecule has 1 N–H and O–H groups in total. The maximum absolute atomic E-state index is 13.8. The molecule has 1 aromatic carbocycles. The van der Waals surface area contributed by atoms with Gasteiger partial charge in [0.2, 0.25) is 0 Å². The smallest absolute Gasteiger partial charge is 0.126 e. The van der Waals surface area contributed by atoms with E-state index >= 15 is 0 Å². The van der Waals surface area contributed by atoms with E-state index < -0.39 is 5.60 Å². The highest BCUT2D eigenvalue weighted by molar-refractivity contribution is 6.30. The van der Waals surface area contributed by atoms with Gasteiger partial charge in [-0.3, -0.25) is 0 Å². The maximum Gasteiger partial charge on any atom is 0.126 e. The average molecular weight is 283 g/mol. The van der Waals surface area contributed by atoms with Crippen LogP contribution in [0.25, 0.3) is 0 Å². The first-order valence-corrected chi connectivity index (χ1v) is 7.60. The minimum atomic E-state index is -0.739. The lowest BCUT2D eigenvalue weighted by atomic mass is 9.73. The zero-order valence-electron chi connectivity index (χ0n) is 11.0. The van der Waals surface area contributed by atoms with Crippen LogP contribution < -0.4 is 0 Å². The molecule has 2 fully saturated rings. The molecule has 19 heavy (non-hydrogen) atoms. The molecule has 2 atom stereocenters. The topological polar surface area (TPSA) is 20.2 Å². The molecule has 2 aliphatic rings. The molecule has 0 spiro atoms. The molecule has 0 aromatic heterocycles. The summed E-state index contributed by atoms with van der Waals surface area (Å²) in [6, 6.07) is 4.59. The van der Waals surface area contributed by atoms with Gasteiger partial charge >= 0.3 is 0 Å². The predicted octanol–water partition coefficient (Wildman–Crippen LogP) is 4.35. The molecular weight excluding hydrogens is 263 g/mol. The second kappa shape index (κ2) is 5.06. The first-order chi connectivity index (χ1) is 9.06. The van der Waals surface area contributed by atoms with Crippen molar-refractivity contribution in [3.8, 4) is 0 Å². The van der Waals surface area contributed by atoms with E-state index in [2.05, 4.69) is 0 Å². The van der Waals surface area contributed by atoms with E-state index in [9.17, 15) is 9.50 Å². The highest BCUT2D eigenvalue weighted by atomic mass is 35.5. The third-order valence-corrected chi connectivity index (χ3v) is 4.91. The number of halogens is 2. The molecule has 1 aromatic rings. The highest BCUT2D eigenvalue weighted by Gasteiger charge is 2.41. The Hall–Kier alpha value is -0.600. The van der Waals surface area contributed by atoms with Crippen molar-refractivity contribution >= 4 is 11.6 Å². The highest BCUT2D eigenvalue weighted by Crippen LogP contribution is 2.47. The fraction of sp³-hybridized carbons (Fsp3) is 0.625. The van der Waals surface area contributed by atoms with Gasteiger partial charge in [-0.1, -0.05) is 18.0 Å². The van der Waals surface area contributed by atoms with E-state index in [1.54, 1.807) is 12.1 Å². The number of benzene rings is 1. The minimum absolute atomic E-state index is 0.258. The molecule has 0 amide bonds. The van der Waals surface area contributed by atoms with Gasteiger partial charge in [0.05, 0.1) is 5.60 Å². The van der Waals surface area contributed by atoms with E-state index in [4.69, 9.17) is 11.6 Å². The van der Waals surface area contributed by atoms with Crippen LogP contribution >= 0.6 is 11.6 Å². The second-order valence-electron chi connectivity index (χ2n) is 6.33. The van der Waals surface area contributed by atoms with Crippen LogP contribution in [-0.4, -0.2) is 10.7 Å². The van der Waals surface area contributed by atoms with E-state index in [1.165, 1.54) is 25.3 Å². The summed E-state index contributed by atoms with van der Waals surface area (Å²) < 4.78 is 13.8. The van der Waals surface area contributed by atoms with Crippen LogP contribution in [0.2, 0.25) is 5.02 Å². The van der Waals surface area contributed by atoms with Crippen LogP contribution in [-0.2, 0) is 6.42 Å². The summed E-state index contributed by atoms with van der Waals surface area (Å²) >= 11 is 5.92. The predicted molar refractivity (Wildman–Crippen MR) is 74.7 cm³/mol. The third kappa shape index (κ3) is 3.11. The van der Waals surface area contributed by atoms with E-state index in [0.717, 1.165) is 25.2 Å². The summed E-state index contributed by atoms with van der Waals surface area (Å²) in [4.78, 5) is 0. The summed E-state index contributed by atoms with van der Waals surface area (Å²) in [5.41, 5.74) is -0.191. The summed E-state index contributed by atoms with van der Waals surface area (Å²) in [5.74, 6) is 1.20. The molecule has 2 unspecified atom stereocenters. The van der Waals surface area contributed by atoms with Gasteiger partial charge in [-0.25, -0.2) is 4.39 Å². The zero-order valence-corrected chi connectivity index (χ0v) is 11.8. The van der Waals surface area contributed by atoms with Crippen molar-refractivity contribution in [3.05, 3.63) is 34.6 Å². The average Bonchev–Trinajstić information content (AvgIpc) is 3.18. The lowest BCUT2D eigenvalue weighted by Crippen LogP contribution is -2.38. The largest absolute Gasteiger partial charge is 0.390 e. The van der Waals surface area contributed by atoms with Crippen molar-refractivity contribution in [3.63, 3.8) is 0 Å². The van der Waals surface area contributed by atoms with Crippen LogP contribution in [0.3, 0.4) is 0 Å². The summed E-state index contributed by atoms with van der Waals surface area (Å²) in [6.45, 7) is 0. The Labute approximate surface area is 118 Å². The Morgan fingerprint density at radius 1 is 1.26 bits per heavy atom. The number of aliphatic hydroxyl groups is 1. The number of hydrogen-bond donors (Lipinski definition) is 1. The van der Waals surface area contributed by atoms with Crippen LogP contribution in [0.1, 0.15) is 44.1 Å². The third-order valence-electron chi connectivity index (χ3n) is 4.68. The number of hydrogen-bond acceptors (Lipinski definition) is 1. The van der Waals surface area contributed by atoms with Crippen molar-refractivity contribution in [1.29, 1.82) is 0 Å². The van der Waals surface area contributed by atoms with Gasteiger partial charge in [0.1, 0.15) is 5.82 Å². The molecule has 2 aliphatic carbocycles. The molecule has 1 nitrogen and oxygen atoms in total. The summed E-state index contributed by atoms with van der Waals surface area (Å²) in [6.07, 6.45) is 6.90. The molecule has 3 heteroatoms. The fourth-order valence-electron chi connectivity index (χ4n) is 3.55. The monoisotopic (exact) mass is 282 g/mol. The van der Waals surface area contributed by atoms with Crippen LogP contribution in [0.4, 0.5) is 4.39 Å². The Kier molecular flexibility index (Phi) is 3.57. The quantitative estimate of drug-likeness (QED) is 0.874. The standard InChI is InChI=1S/C16H20ClFO/c17-14-5-6-15(18)13(8-14)10-16(19)7-1-2-12(9-16)11-3-4-11/h5-6,8,11-12,19H,1-4,7,9-10H2. The van der Waals surface area contributed by atoms with Crippen molar-refractivity contribution in [2.45, 2.75) is 50.5 Å². The summed E-state index contributed by atoms with van der Waals surface area (Å²) in [5, 5.41) is 11.3. The zero-order chi connectivity index (χ0) is 13.5. The molecule has 0 heterocycles. The fourth-order valence-corrected chi connectivity index (χ4v) is 3.74. The first-order valence-electron chi connectivity index (χ1n) is 7.22. The lowest BCUT2D eigenvalue weighted by molar-refractivity contribution is -0.0201. The van der Waals surface area contributed by atoms with Crippen molar-refractivity contribution < 1.29 is 9.50 Å². The Bertz CT molecular complexity index is 472. The molecule has 0 radical (unpaired) electrons. The first kappa shape index (κ1) is 13.4. The molecule has 3 rings (SSSR count). The molecule has 2 saturated carbocycles. The molecule has 0 bridgehead atoms. The molecule has 0 saturated heterocycles. The molecule has 104 valence electrons. The molecule has 0 aliphatic heterocycles. The van der Waals surface area contributed by atoms with Gasteiger partial charge in [0, 0.05) is 11.4 Å². The van der Waals surface area contributed by atoms with Crippen molar-refractivity contribution in [2.75, 3.05) is 0 Å². The van der Waals surface area contributed by atoms with E-state index in [0.29, 0.717) is 22.9 Å². The Morgan fingerprint density at radius 3 is 2.79 bits per heavy atom. The van der Waals surface area contributed by atoms with E-state index in [1.807, 2.05) is 0 Å². The SMILES string of the molecule is OC1(Cc2cc(Cl)ccc2F)CCCC(C2CC2)C1. The van der Waals surface area contributed by atoms with Gasteiger partial charge in [0.15, 0.2) is 0 Å². The Morgan fingerprint density at radius 2 is 2.05 bits per heavy atom. The van der Waals surface area contributed by atoms with Crippen LogP contribution in [0.15, 0.2) is 18.2 Å². The van der Waals surface area contributed by atoms with Gasteiger partial charge in [0.25, 0.3) is 0 Å². The van der Waals surface area contributed by atoms with Gasteiger partial charge in [-0.15, -0.1) is 0 Å².